The first-order valence-electron chi connectivity index (χ1n) is 10.4. The molecule has 0 unspecified atom stereocenters. The van der Waals surface area contributed by atoms with Gasteiger partial charge in [-0.25, -0.2) is 4.79 Å². The number of rotatable bonds is 3. The van der Waals surface area contributed by atoms with Gasteiger partial charge in [-0.1, -0.05) is 30.3 Å². The van der Waals surface area contributed by atoms with Crippen molar-refractivity contribution < 1.29 is 19.3 Å². The highest BCUT2D eigenvalue weighted by molar-refractivity contribution is 6.20. The van der Waals surface area contributed by atoms with Gasteiger partial charge in [-0.15, -0.1) is 0 Å². The maximum atomic E-state index is 13.2. The second-order valence-electron chi connectivity index (χ2n) is 8.39. The van der Waals surface area contributed by atoms with Crippen molar-refractivity contribution in [3.8, 4) is 0 Å². The lowest BCUT2D eigenvalue weighted by Crippen LogP contribution is -2.74. The molecule has 2 aromatic rings. The van der Waals surface area contributed by atoms with Gasteiger partial charge in [0.2, 0.25) is 11.8 Å². The van der Waals surface area contributed by atoms with Crippen LogP contribution in [0.15, 0.2) is 48.5 Å². The fraction of sp³-hybridized carbons (Fsp3) is 0.318. The fourth-order valence-electron chi connectivity index (χ4n) is 5.09. The molecule has 3 aliphatic rings. The van der Waals surface area contributed by atoms with Crippen LogP contribution in [0.4, 0.5) is 16.2 Å². The molecule has 0 saturated carbocycles. The first-order chi connectivity index (χ1) is 15.4. The summed E-state index contributed by atoms with van der Waals surface area (Å²) in [5.74, 6) is -1.33. The van der Waals surface area contributed by atoms with Crippen LogP contribution in [-0.4, -0.2) is 53.3 Å². The normalized spacial score (nSPS) is 22.1. The Morgan fingerprint density at radius 2 is 1.75 bits per heavy atom. The molecule has 2 N–H and O–H groups in total. The summed E-state index contributed by atoms with van der Waals surface area (Å²) in [5, 5.41) is 15.8. The minimum absolute atomic E-state index is 0.0185. The number of nitro groups is 1. The molecule has 3 heterocycles. The van der Waals surface area contributed by atoms with Gasteiger partial charge in [0, 0.05) is 50.4 Å². The molecule has 1 atom stereocenters. The van der Waals surface area contributed by atoms with Gasteiger partial charge in [0.1, 0.15) is 0 Å². The third-order valence-corrected chi connectivity index (χ3v) is 6.60. The van der Waals surface area contributed by atoms with Crippen LogP contribution in [0.2, 0.25) is 0 Å². The monoisotopic (exact) mass is 435 g/mol. The molecule has 4 amide bonds. The number of anilines is 1. The Morgan fingerprint density at radius 3 is 2.44 bits per heavy atom. The number of piperazine rings is 1. The number of barbiturate groups is 1. The van der Waals surface area contributed by atoms with Crippen molar-refractivity contribution >= 4 is 29.2 Å². The first-order valence-corrected chi connectivity index (χ1v) is 10.4. The second-order valence-corrected chi connectivity index (χ2v) is 8.39. The number of carbonyl (C=O) groups excluding carboxylic acids is 3. The summed E-state index contributed by atoms with van der Waals surface area (Å²) in [4.78, 5) is 53.1. The smallest absolute Gasteiger partial charge is 0.328 e. The molecule has 32 heavy (non-hydrogen) atoms. The topological polar surface area (TPSA) is 125 Å². The third kappa shape index (κ3) is 3.11. The lowest BCUT2D eigenvalue weighted by atomic mass is 9.68. The molecule has 164 valence electrons. The highest BCUT2D eigenvalue weighted by Gasteiger charge is 2.60. The molecule has 0 aromatic heterocycles. The van der Waals surface area contributed by atoms with E-state index in [0.717, 1.165) is 11.3 Å². The first kappa shape index (κ1) is 20.1. The molecular weight excluding hydrogens is 414 g/mol. The summed E-state index contributed by atoms with van der Waals surface area (Å²) in [6, 6.07) is 13.1. The number of nitro benzene ring substituents is 1. The Morgan fingerprint density at radius 1 is 1.03 bits per heavy atom. The molecule has 0 bridgehead atoms. The van der Waals surface area contributed by atoms with Gasteiger partial charge >= 0.3 is 6.03 Å². The van der Waals surface area contributed by atoms with Crippen LogP contribution in [-0.2, 0) is 22.6 Å². The van der Waals surface area contributed by atoms with Crippen LogP contribution in [0.1, 0.15) is 11.1 Å². The second kappa shape index (κ2) is 7.41. The number of nitrogens with zero attached hydrogens (tertiary/aromatic N) is 3. The number of amides is 4. The minimum Gasteiger partial charge on any atom is -0.364 e. The van der Waals surface area contributed by atoms with E-state index >= 15 is 0 Å². The van der Waals surface area contributed by atoms with Crippen LogP contribution < -0.4 is 15.5 Å². The number of nitrogens with one attached hydrogen (secondary N) is 2. The summed E-state index contributed by atoms with van der Waals surface area (Å²) in [5.41, 5.74) is 0.780. The lowest BCUT2D eigenvalue weighted by molar-refractivity contribution is -0.384. The summed E-state index contributed by atoms with van der Waals surface area (Å²) in [7, 11) is 0. The Bertz CT molecular complexity index is 1110. The van der Waals surface area contributed by atoms with E-state index in [4.69, 9.17) is 0 Å². The molecule has 3 aliphatic heterocycles. The Kier molecular flexibility index (Phi) is 4.66. The van der Waals surface area contributed by atoms with Crippen LogP contribution in [0, 0.1) is 15.5 Å². The molecule has 2 aromatic carbocycles. The maximum Gasteiger partial charge on any atom is 0.328 e. The molecule has 2 saturated heterocycles. The number of fused-ring (bicyclic) bond motifs is 4. The van der Waals surface area contributed by atoms with Crippen molar-refractivity contribution in [2.45, 2.75) is 19.0 Å². The lowest BCUT2D eigenvalue weighted by Gasteiger charge is -2.54. The molecule has 0 aliphatic carbocycles. The van der Waals surface area contributed by atoms with Gasteiger partial charge in [0.05, 0.1) is 11.0 Å². The Hall–Kier alpha value is -3.79. The highest BCUT2D eigenvalue weighted by atomic mass is 16.6. The van der Waals surface area contributed by atoms with E-state index < -0.39 is 34.2 Å². The van der Waals surface area contributed by atoms with E-state index in [0.29, 0.717) is 31.7 Å². The highest BCUT2D eigenvalue weighted by Crippen LogP contribution is 2.45. The minimum atomic E-state index is -1.56. The number of benzene rings is 2. The zero-order valence-corrected chi connectivity index (χ0v) is 17.1. The summed E-state index contributed by atoms with van der Waals surface area (Å²) >= 11 is 0. The fourth-order valence-corrected chi connectivity index (χ4v) is 5.09. The maximum absolute atomic E-state index is 13.2. The van der Waals surface area contributed by atoms with Gasteiger partial charge < -0.3 is 4.90 Å². The van der Waals surface area contributed by atoms with Gasteiger partial charge in [-0.05, 0) is 17.2 Å². The zero-order valence-electron chi connectivity index (χ0n) is 17.1. The standard InChI is InChI=1S/C22H21N5O5/c28-19-22(20(29)24-21(30)23-19)11-15-10-16(27(31)32)6-7-17(15)26-9-8-25(13-18(22)26)12-14-4-2-1-3-5-14/h1-7,10,18H,8-9,11-13H2,(H2,23,24,28,29,30)/t18-/m1/s1. The molecule has 10 heteroatoms. The Balaban J connectivity index is 1.56. The molecule has 5 rings (SSSR count). The van der Waals surface area contributed by atoms with E-state index in [1.807, 2.05) is 35.2 Å². The number of imide groups is 2. The summed E-state index contributed by atoms with van der Waals surface area (Å²) < 4.78 is 0. The number of hydrogen-bond acceptors (Lipinski definition) is 7. The van der Waals surface area contributed by atoms with Gasteiger partial charge in [0.25, 0.3) is 5.69 Å². The Labute approximate surface area is 183 Å². The van der Waals surface area contributed by atoms with Crippen LogP contribution in [0.5, 0.6) is 0 Å². The average Bonchev–Trinajstić information content (AvgIpc) is 2.77. The molecule has 10 nitrogen and oxygen atoms in total. The third-order valence-electron chi connectivity index (χ3n) is 6.60. The molecular formula is C22H21N5O5. The van der Waals surface area contributed by atoms with Gasteiger partial charge in [-0.2, -0.15) is 0 Å². The van der Waals surface area contributed by atoms with Crippen LogP contribution in [0.25, 0.3) is 0 Å². The SMILES string of the molecule is O=C1NC(=O)C2(Cc3cc([N+](=O)[O-])ccc3N3CCN(Cc4ccccc4)C[C@@H]32)C(=O)N1. The van der Waals surface area contributed by atoms with E-state index in [1.54, 1.807) is 6.07 Å². The molecule has 0 radical (unpaired) electrons. The average molecular weight is 435 g/mol. The predicted octanol–water partition coefficient (Wildman–Crippen LogP) is 1.19. The van der Waals surface area contributed by atoms with E-state index in [-0.39, 0.29) is 12.1 Å². The largest absolute Gasteiger partial charge is 0.364 e. The summed E-state index contributed by atoms with van der Waals surface area (Å²) in [6.07, 6.45) is -0.0185. The van der Waals surface area contributed by atoms with Crippen molar-refractivity contribution in [1.82, 2.24) is 15.5 Å². The van der Waals surface area contributed by atoms with E-state index in [9.17, 15) is 24.5 Å². The van der Waals surface area contributed by atoms with Crippen molar-refractivity contribution in [3.05, 3.63) is 69.8 Å². The zero-order chi connectivity index (χ0) is 22.5. The molecule has 2 fully saturated rings. The van der Waals surface area contributed by atoms with Gasteiger partial charge in [-0.3, -0.25) is 35.2 Å². The molecule has 1 spiro atoms. The van der Waals surface area contributed by atoms with Crippen molar-refractivity contribution in [3.63, 3.8) is 0 Å². The van der Waals surface area contributed by atoms with Crippen molar-refractivity contribution in [1.29, 1.82) is 0 Å². The quantitative estimate of drug-likeness (QED) is 0.422. The van der Waals surface area contributed by atoms with Crippen LogP contribution >= 0.6 is 0 Å². The van der Waals surface area contributed by atoms with E-state index in [2.05, 4.69) is 15.5 Å². The number of non-ortho nitro benzene ring substituents is 1. The number of urea groups is 1. The summed E-state index contributed by atoms with van der Waals surface area (Å²) in [6.45, 7) is 2.33. The number of hydrogen-bond donors (Lipinski definition) is 2. The van der Waals surface area contributed by atoms with Crippen molar-refractivity contribution in [2.75, 3.05) is 24.5 Å². The van der Waals surface area contributed by atoms with Crippen molar-refractivity contribution in [2.24, 2.45) is 5.41 Å². The number of carbonyl (C=O) groups is 3. The van der Waals surface area contributed by atoms with E-state index in [1.165, 1.54) is 12.1 Å². The van der Waals surface area contributed by atoms with Crippen LogP contribution in [0.3, 0.4) is 0 Å². The predicted molar refractivity (Wildman–Crippen MR) is 114 cm³/mol. The van der Waals surface area contributed by atoms with Gasteiger partial charge in [0.15, 0.2) is 5.41 Å².